The fraction of sp³-hybridized carbons (Fsp3) is 0.182. The molecule has 0 spiro atoms. The lowest BCUT2D eigenvalue weighted by atomic mass is 10.1. The number of hydrogen-bond donors (Lipinski definition) is 1. The third kappa shape index (κ3) is 3.13. The zero-order valence-electron chi connectivity index (χ0n) is 8.54. The minimum Gasteiger partial charge on any atom is -0.478 e. The Balaban J connectivity index is 3.11. The van der Waals surface area contributed by atoms with Gasteiger partial charge in [-0.25, -0.2) is 13.6 Å². The number of ether oxygens (including phenoxy) is 1. The Morgan fingerprint density at radius 3 is 2.62 bits per heavy atom. The van der Waals surface area contributed by atoms with Crippen LogP contribution in [-0.4, -0.2) is 24.8 Å². The zero-order valence-corrected chi connectivity index (χ0v) is 8.54. The SMILES string of the molecule is COC/C(=C\C(=O)O)c1ccc(F)c(F)c1. The normalized spacial score (nSPS) is 11.6. The van der Waals surface area contributed by atoms with Gasteiger partial charge >= 0.3 is 5.97 Å². The van der Waals surface area contributed by atoms with E-state index in [0.29, 0.717) is 0 Å². The van der Waals surface area contributed by atoms with Crippen LogP contribution in [0.15, 0.2) is 24.3 Å². The highest BCUT2D eigenvalue weighted by molar-refractivity contribution is 5.90. The zero-order chi connectivity index (χ0) is 12.1. The summed E-state index contributed by atoms with van der Waals surface area (Å²) in [5, 5.41) is 8.60. The minimum atomic E-state index is -1.17. The summed E-state index contributed by atoms with van der Waals surface area (Å²) in [5.41, 5.74) is 0.553. The van der Waals surface area contributed by atoms with Crippen LogP contribution in [0.3, 0.4) is 0 Å². The lowest BCUT2D eigenvalue weighted by Crippen LogP contribution is -2.00. The van der Waals surface area contributed by atoms with Gasteiger partial charge in [0.2, 0.25) is 0 Å². The molecule has 0 aliphatic heterocycles. The lowest BCUT2D eigenvalue weighted by Gasteiger charge is -2.06. The van der Waals surface area contributed by atoms with Crippen LogP contribution in [0.25, 0.3) is 5.57 Å². The van der Waals surface area contributed by atoms with Crippen LogP contribution in [0.2, 0.25) is 0 Å². The van der Waals surface area contributed by atoms with Crippen LogP contribution in [0.1, 0.15) is 5.56 Å². The van der Waals surface area contributed by atoms with Gasteiger partial charge in [0.1, 0.15) is 0 Å². The Morgan fingerprint density at radius 1 is 1.44 bits per heavy atom. The Labute approximate surface area is 91.0 Å². The maximum Gasteiger partial charge on any atom is 0.328 e. The summed E-state index contributed by atoms with van der Waals surface area (Å²) in [7, 11) is 1.38. The average molecular weight is 228 g/mol. The highest BCUT2D eigenvalue weighted by atomic mass is 19.2. The second-order valence-electron chi connectivity index (χ2n) is 3.07. The summed E-state index contributed by atoms with van der Waals surface area (Å²) in [6.45, 7) is 0.0113. The molecule has 0 saturated carbocycles. The molecule has 0 aliphatic rings. The summed E-state index contributed by atoms with van der Waals surface area (Å²) in [6.07, 6.45) is 0.899. The van der Waals surface area contributed by atoms with Crippen molar-refractivity contribution in [3.05, 3.63) is 41.5 Å². The molecule has 0 atom stereocenters. The highest BCUT2D eigenvalue weighted by Crippen LogP contribution is 2.17. The van der Waals surface area contributed by atoms with E-state index in [1.807, 2.05) is 0 Å². The number of hydrogen-bond acceptors (Lipinski definition) is 2. The van der Waals surface area contributed by atoms with Crippen LogP contribution in [0.4, 0.5) is 8.78 Å². The van der Waals surface area contributed by atoms with Crippen LogP contribution in [-0.2, 0) is 9.53 Å². The number of aliphatic carboxylic acids is 1. The summed E-state index contributed by atoms with van der Waals surface area (Å²) in [4.78, 5) is 10.5. The maximum atomic E-state index is 12.9. The summed E-state index contributed by atoms with van der Waals surface area (Å²) < 4.78 is 30.4. The first-order valence-electron chi connectivity index (χ1n) is 4.42. The monoisotopic (exact) mass is 228 g/mol. The van der Waals surface area contributed by atoms with Crippen molar-refractivity contribution in [2.45, 2.75) is 0 Å². The molecule has 1 rings (SSSR count). The number of methoxy groups -OCH3 is 1. The number of carbonyl (C=O) groups is 1. The fourth-order valence-corrected chi connectivity index (χ4v) is 1.21. The van der Waals surface area contributed by atoms with Gasteiger partial charge in [-0.3, -0.25) is 0 Å². The molecule has 0 unspecified atom stereocenters. The number of halogens is 2. The molecule has 0 saturated heterocycles. The molecule has 16 heavy (non-hydrogen) atoms. The van der Waals surface area contributed by atoms with E-state index < -0.39 is 17.6 Å². The fourth-order valence-electron chi connectivity index (χ4n) is 1.21. The van der Waals surface area contributed by atoms with E-state index in [0.717, 1.165) is 18.2 Å². The van der Waals surface area contributed by atoms with E-state index in [1.165, 1.54) is 13.2 Å². The number of carboxylic acids is 1. The van der Waals surface area contributed by atoms with E-state index in [1.54, 1.807) is 0 Å². The van der Waals surface area contributed by atoms with Crippen molar-refractivity contribution < 1.29 is 23.4 Å². The molecule has 1 N–H and O–H groups in total. The molecule has 0 fully saturated rings. The average Bonchev–Trinajstić information content (AvgIpc) is 2.21. The van der Waals surface area contributed by atoms with Crippen molar-refractivity contribution in [1.29, 1.82) is 0 Å². The molecule has 86 valence electrons. The molecule has 0 heterocycles. The number of rotatable bonds is 4. The van der Waals surface area contributed by atoms with Gasteiger partial charge < -0.3 is 9.84 Å². The van der Waals surface area contributed by atoms with Gasteiger partial charge in [-0.2, -0.15) is 0 Å². The Kier molecular flexibility index (Phi) is 4.13. The predicted octanol–water partition coefficient (Wildman–Crippen LogP) is 2.08. The maximum absolute atomic E-state index is 12.9. The number of carboxylic acid groups (broad SMARTS) is 1. The molecule has 3 nitrogen and oxygen atoms in total. The van der Waals surface area contributed by atoms with Gasteiger partial charge in [-0.1, -0.05) is 6.07 Å². The first-order chi connectivity index (χ1) is 7.54. The second-order valence-corrected chi connectivity index (χ2v) is 3.07. The molecule has 0 aromatic heterocycles. The molecule has 0 amide bonds. The van der Waals surface area contributed by atoms with Crippen molar-refractivity contribution in [2.24, 2.45) is 0 Å². The molecule has 1 aromatic rings. The topological polar surface area (TPSA) is 46.5 Å². The minimum absolute atomic E-state index is 0.0113. The summed E-state index contributed by atoms with van der Waals surface area (Å²) in [5.74, 6) is -3.17. The van der Waals surface area contributed by atoms with E-state index in [4.69, 9.17) is 9.84 Å². The second kappa shape index (κ2) is 5.37. The summed E-state index contributed by atoms with van der Waals surface area (Å²) in [6, 6.07) is 3.17. The van der Waals surface area contributed by atoms with E-state index >= 15 is 0 Å². The lowest BCUT2D eigenvalue weighted by molar-refractivity contribution is -0.131. The molecule has 0 radical (unpaired) electrons. The van der Waals surface area contributed by atoms with Crippen molar-refractivity contribution in [1.82, 2.24) is 0 Å². The first kappa shape index (κ1) is 12.3. The smallest absolute Gasteiger partial charge is 0.328 e. The van der Waals surface area contributed by atoms with Crippen LogP contribution >= 0.6 is 0 Å². The van der Waals surface area contributed by atoms with Crippen LogP contribution < -0.4 is 0 Å². The van der Waals surface area contributed by atoms with Gasteiger partial charge in [-0.05, 0) is 23.3 Å². The predicted molar refractivity (Wildman–Crippen MR) is 53.8 cm³/mol. The quantitative estimate of drug-likeness (QED) is 0.802. The van der Waals surface area contributed by atoms with Crippen molar-refractivity contribution in [3.8, 4) is 0 Å². The van der Waals surface area contributed by atoms with Gasteiger partial charge in [0.15, 0.2) is 11.6 Å². The largest absolute Gasteiger partial charge is 0.478 e. The first-order valence-corrected chi connectivity index (χ1v) is 4.42. The molecule has 5 heteroatoms. The number of benzene rings is 1. The molecule has 0 bridgehead atoms. The molecular weight excluding hydrogens is 218 g/mol. The Morgan fingerprint density at radius 2 is 2.12 bits per heavy atom. The van der Waals surface area contributed by atoms with Gasteiger partial charge in [-0.15, -0.1) is 0 Å². The summed E-state index contributed by atoms with van der Waals surface area (Å²) >= 11 is 0. The van der Waals surface area contributed by atoms with E-state index in [-0.39, 0.29) is 17.7 Å². The van der Waals surface area contributed by atoms with Gasteiger partial charge in [0.05, 0.1) is 6.61 Å². The van der Waals surface area contributed by atoms with Crippen molar-refractivity contribution in [3.63, 3.8) is 0 Å². The van der Waals surface area contributed by atoms with Gasteiger partial charge in [0.25, 0.3) is 0 Å². The Hall–Kier alpha value is -1.75. The molecular formula is C11H10F2O3. The van der Waals surface area contributed by atoms with Crippen LogP contribution in [0.5, 0.6) is 0 Å². The van der Waals surface area contributed by atoms with E-state index in [9.17, 15) is 13.6 Å². The van der Waals surface area contributed by atoms with Gasteiger partial charge in [0, 0.05) is 13.2 Å². The molecule has 0 aliphatic carbocycles. The Bertz CT molecular complexity index is 427. The molecule has 1 aromatic carbocycles. The third-order valence-corrected chi connectivity index (χ3v) is 1.89. The van der Waals surface area contributed by atoms with Crippen molar-refractivity contribution >= 4 is 11.5 Å². The van der Waals surface area contributed by atoms with Crippen LogP contribution in [0, 0.1) is 11.6 Å². The van der Waals surface area contributed by atoms with Crippen molar-refractivity contribution in [2.75, 3.05) is 13.7 Å². The standard InChI is InChI=1S/C11H10F2O3/c1-16-6-8(5-11(14)15)7-2-3-9(12)10(13)4-7/h2-5H,6H2,1H3,(H,14,15)/b8-5+. The highest BCUT2D eigenvalue weighted by Gasteiger charge is 2.08. The third-order valence-electron chi connectivity index (χ3n) is 1.89. The van der Waals surface area contributed by atoms with E-state index in [2.05, 4.69) is 0 Å².